The number of aliphatic imine (C=N–C) groups is 1. The maximum Gasteiger partial charge on any atom is 0.263 e. The third kappa shape index (κ3) is 9.19. The minimum atomic E-state index is -0.0696. The number of amides is 1. The van der Waals surface area contributed by atoms with Crippen molar-refractivity contribution >= 4 is 47.2 Å². The number of aryl methyl sites for hydroxylation is 1. The predicted octanol–water partition coefficient (Wildman–Crippen LogP) is 2.49. The van der Waals surface area contributed by atoms with E-state index in [4.69, 9.17) is 9.73 Å². The minimum Gasteiger partial charge on any atom is -0.379 e. The van der Waals surface area contributed by atoms with Crippen LogP contribution in [-0.2, 0) is 4.74 Å². The summed E-state index contributed by atoms with van der Waals surface area (Å²) in [7, 11) is 0. The van der Waals surface area contributed by atoms with E-state index >= 15 is 0 Å². The molecule has 0 saturated carbocycles. The number of aromatic nitrogens is 1. The lowest BCUT2D eigenvalue weighted by molar-refractivity contribution is 0.00395. The summed E-state index contributed by atoms with van der Waals surface area (Å²) in [4.78, 5) is 24.4. The molecule has 1 aliphatic heterocycles. The second kappa shape index (κ2) is 15.8. The molecule has 0 spiro atoms. The van der Waals surface area contributed by atoms with Crippen LogP contribution in [-0.4, -0.2) is 80.3 Å². The van der Waals surface area contributed by atoms with E-state index in [0.717, 1.165) is 63.9 Å². The molecule has 2 heterocycles. The summed E-state index contributed by atoms with van der Waals surface area (Å²) in [6.07, 6.45) is 2.31. The number of morpholine rings is 1. The number of hydrogen-bond donors (Lipinski definition) is 3. The first kappa shape index (κ1) is 28.1. The second-order valence-corrected chi connectivity index (χ2v) is 8.32. The van der Waals surface area contributed by atoms with Crippen LogP contribution in [0.15, 0.2) is 10.5 Å². The summed E-state index contributed by atoms with van der Waals surface area (Å²) in [5, 5.41) is 9.59. The molecule has 0 aromatic carbocycles. The maximum atomic E-state index is 12.2. The Morgan fingerprint density at radius 1 is 1.19 bits per heavy atom. The first-order chi connectivity index (χ1) is 14.6. The third-order valence-electron chi connectivity index (χ3n) is 5.54. The standard InChI is InChI=1S/C21H38N6O2S.HI/c1-5-17(6-2)18(27-10-12-29-13-11-27)14-25-21(22-7-3)24-9-8-23-20(28)19-16(4)26-15-30-19;/h15,17-18H,5-14H2,1-4H3,(H,23,28)(H2,22,24,25);1H. The van der Waals surface area contributed by atoms with E-state index in [1.54, 1.807) is 5.51 Å². The van der Waals surface area contributed by atoms with Crippen LogP contribution in [0.2, 0.25) is 0 Å². The molecule has 1 atom stereocenters. The Balaban J connectivity index is 0.00000480. The molecule has 10 heteroatoms. The fourth-order valence-corrected chi connectivity index (χ4v) is 4.51. The lowest BCUT2D eigenvalue weighted by Crippen LogP contribution is -2.49. The normalized spacial score (nSPS) is 16.0. The predicted molar refractivity (Wildman–Crippen MR) is 139 cm³/mol. The SMILES string of the molecule is CCNC(=NCC(C(CC)CC)N1CCOCC1)NCCNC(=O)c1scnc1C.I. The van der Waals surface area contributed by atoms with Crippen LogP contribution in [0, 0.1) is 12.8 Å². The van der Waals surface area contributed by atoms with Gasteiger partial charge in [0.15, 0.2) is 5.96 Å². The zero-order valence-corrected chi connectivity index (χ0v) is 22.4. The average molecular weight is 567 g/mol. The summed E-state index contributed by atoms with van der Waals surface area (Å²) >= 11 is 1.37. The van der Waals surface area contributed by atoms with Crippen LogP contribution in [0.4, 0.5) is 0 Å². The molecule has 1 unspecified atom stereocenters. The molecule has 1 aliphatic rings. The Labute approximate surface area is 208 Å². The quantitative estimate of drug-likeness (QED) is 0.165. The van der Waals surface area contributed by atoms with Gasteiger partial charge in [-0.1, -0.05) is 26.7 Å². The molecule has 1 fully saturated rings. The Kier molecular flexibility index (Phi) is 14.3. The van der Waals surface area contributed by atoms with Crippen LogP contribution >= 0.6 is 35.3 Å². The van der Waals surface area contributed by atoms with Crippen LogP contribution in [0.25, 0.3) is 0 Å². The summed E-state index contributed by atoms with van der Waals surface area (Å²) in [5.41, 5.74) is 2.47. The number of ether oxygens (including phenoxy) is 1. The van der Waals surface area contributed by atoms with Gasteiger partial charge in [0.2, 0.25) is 0 Å². The monoisotopic (exact) mass is 566 g/mol. The number of thiazole rings is 1. The van der Waals surface area contributed by atoms with Gasteiger partial charge in [0.25, 0.3) is 5.91 Å². The average Bonchev–Trinajstić information content (AvgIpc) is 3.20. The van der Waals surface area contributed by atoms with Crippen LogP contribution in [0.3, 0.4) is 0 Å². The van der Waals surface area contributed by atoms with E-state index in [2.05, 4.69) is 46.6 Å². The lowest BCUT2D eigenvalue weighted by atomic mass is 9.92. The number of nitrogens with zero attached hydrogens (tertiary/aromatic N) is 3. The largest absolute Gasteiger partial charge is 0.379 e. The molecule has 1 saturated heterocycles. The van der Waals surface area contributed by atoms with E-state index in [9.17, 15) is 4.79 Å². The highest BCUT2D eigenvalue weighted by Crippen LogP contribution is 2.20. The Bertz CT molecular complexity index is 662. The highest BCUT2D eigenvalue weighted by atomic mass is 127. The van der Waals surface area contributed by atoms with Crippen molar-refractivity contribution in [3.8, 4) is 0 Å². The van der Waals surface area contributed by atoms with Crippen molar-refractivity contribution in [3.05, 3.63) is 16.1 Å². The van der Waals surface area contributed by atoms with Crippen molar-refractivity contribution in [1.82, 2.24) is 25.8 Å². The molecule has 3 N–H and O–H groups in total. The van der Waals surface area contributed by atoms with Gasteiger partial charge in [0.05, 0.1) is 31.0 Å². The topological polar surface area (TPSA) is 90.9 Å². The first-order valence-corrected chi connectivity index (χ1v) is 12.0. The molecule has 2 rings (SSSR count). The number of carbonyl (C=O) groups is 1. The summed E-state index contributed by atoms with van der Waals surface area (Å²) in [5.74, 6) is 1.35. The van der Waals surface area contributed by atoms with E-state index in [1.807, 2.05) is 6.92 Å². The molecule has 8 nitrogen and oxygen atoms in total. The van der Waals surface area contributed by atoms with Crippen molar-refractivity contribution in [2.75, 3.05) is 52.5 Å². The Morgan fingerprint density at radius 2 is 1.87 bits per heavy atom. The number of nitrogens with one attached hydrogen (secondary N) is 3. The highest BCUT2D eigenvalue weighted by molar-refractivity contribution is 14.0. The van der Waals surface area contributed by atoms with E-state index in [-0.39, 0.29) is 29.9 Å². The number of carbonyl (C=O) groups excluding carboxylic acids is 1. The fourth-order valence-electron chi connectivity index (χ4n) is 3.79. The van der Waals surface area contributed by atoms with Gasteiger partial charge in [-0.05, 0) is 19.8 Å². The lowest BCUT2D eigenvalue weighted by Gasteiger charge is -2.38. The van der Waals surface area contributed by atoms with Crippen LogP contribution in [0.1, 0.15) is 49.0 Å². The molecule has 1 aromatic heterocycles. The van der Waals surface area contributed by atoms with Gasteiger partial charge in [-0.25, -0.2) is 4.98 Å². The van der Waals surface area contributed by atoms with Gasteiger partial charge in [-0.2, -0.15) is 0 Å². The molecule has 0 radical (unpaired) electrons. The van der Waals surface area contributed by atoms with Gasteiger partial charge in [0, 0.05) is 38.8 Å². The molecule has 1 amide bonds. The van der Waals surface area contributed by atoms with Gasteiger partial charge < -0.3 is 20.7 Å². The molecule has 0 bridgehead atoms. The van der Waals surface area contributed by atoms with Crippen LogP contribution in [0.5, 0.6) is 0 Å². The van der Waals surface area contributed by atoms with Crippen molar-refractivity contribution in [1.29, 1.82) is 0 Å². The van der Waals surface area contributed by atoms with Crippen LogP contribution < -0.4 is 16.0 Å². The van der Waals surface area contributed by atoms with Crippen molar-refractivity contribution in [2.24, 2.45) is 10.9 Å². The second-order valence-electron chi connectivity index (χ2n) is 7.46. The van der Waals surface area contributed by atoms with E-state index in [0.29, 0.717) is 29.9 Å². The molecule has 178 valence electrons. The minimum absolute atomic E-state index is 0. The fraction of sp³-hybridized carbons (Fsp3) is 0.762. The highest BCUT2D eigenvalue weighted by Gasteiger charge is 2.26. The van der Waals surface area contributed by atoms with Crippen molar-refractivity contribution in [2.45, 2.75) is 46.6 Å². The first-order valence-electron chi connectivity index (χ1n) is 11.1. The zero-order valence-electron chi connectivity index (χ0n) is 19.3. The maximum absolute atomic E-state index is 12.2. The van der Waals surface area contributed by atoms with Crippen molar-refractivity contribution in [3.63, 3.8) is 0 Å². The smallest absolute Gasteiger partial charge is 0.263 e. The van der Waals surface area contributed by atoms with Crippen molar-refractivity contribution < 1.29 is 9.53 Å². The van der Waals surface area contributed by atoms with Gasteiger partial charge >= 0.3 is 0 Å². The number of hydrogen-bond acceptors (Lipinski definition) is 6. The Morgan fingerprint density at radius 3 is 2.45 bits per heavy atom. The van der Waals surface area contributed by atoms with Gasteiger partial charge in [-0.15, -0.1) is 35.3 Å². The van der Waals surface area contributed by atoms with E-state index < -0.39 is 0 Å². The summed E-state index contributed by atoms with van der Waals surface area (Å²) in [6.45, 7) is 14.7. The number of guanidine groups is 1. The zero-order chi connectivity index (χ0) is 21.8. The molecule has 0 aliphatic carbocycles. The summed E-state index contributed by atoms with van der Waals surface area (Å²) < 4.78 is 5.54. The number of rotatable bonds is 11. The summed E-state index contributed by atoms with van der Waals surface area (Å²) in [6, 6.07) is 0.424. The van der Waals surface area contributed by atoms with Gasteiger partial charge in [-0.3, -0.25) is 14.7 Å². The third-order valence-corrected chi connectivity index (χ3v) is 6.47. The molecule has 1 aromatic rings. The molecule has 31 heavy (non-hydrogen) atoms. The Hall–Kier alpha value is -0.980. The molecular formula is C21H39IN6O2S. The molecular weight excluding hydrogens is 527 g/mol. The van der Waals surface area contributed by atoms with E-state index in [1.165, 1.54) is 11.3 Å². The van der Waals surface area contributed by atoms with Gasteiger partial charge in [0.1, 0.15) is 4.88 Å². The number of halogens is 1.